The molecule has 0 aromatic carbocycles. The normalized spacial score (nSPS) is 23.9. The van der Waals surface area contributed by atoms with Crippen LogP contribution in [0.15, 0.2) is 64.4 Å². The van der Waals surface area contributed by atoms with Crippen molar-refractivity contribution in [1.29, 1.82) is 0 Å². The summed E-state index contributed by atoms with van der Waals surface area (Å²) in [5.41, 5.74) is 7.25. The summed E-state index contributed by atoms with van der Waals surface area (Å²) in [6.45, 7) is 24.0. The van der Waals surface area contributed by atoms with Crippen molar-refractivity contribution in [2.24, 2.45) is 16.3 Å². The Morgan fingerprint density at radius 2 is 1.90 bits per heavy atom. The zero-order valence-corrected chi connectivity index (χ0v) is 20.1. The molecule has 0 aliphatic carbocycles. The Morgan fingerprint density at radius 1 is 1.20 bits per heavy atom. The van der Waals surface area contributed by atoms with Gasteiger partial charge in [0.15, 0.2) is 0 Å². The number of dihydropyridines is 1. The van der Waals surface area contributed by atoms with Gasteiger partial charge in [-0.1, -0.05) is 52.2 Å². The number of aliphatic hydroxyl groups is 1. The topological polar surface area (TPSA) is 35.8 Å². The Kier molecular flexibility index (Phi) is 8.49. The van der Waals surface area contributed by atoms with Crippen molar-refractivity contribution in [1.82, 2.24) is 4.90 Å². The maximum Gasteiger partial charge on any atom is 0.0818 e. The summed E-state index contributed by atoms with van der Waals surface area (Å²) in [6, 6.07) is 0. The quantitative estimate of drug-likeness (QED) is 0.525. The molecule has 0 aromatic rings. The zero-order chi connectivity index (χ0) is 22.5. The minimum atomic E-state index is -0.480. The molecule has 1 saturated heterocycles. The van der Waals surface area contributed by atoms with Crippen LogP contribution in [0.25, 0.3) is 0 Å². The predicted molar refractivity (Wildman–Crippen MR) is 131 cm³/mol. The Balaban J connectivity index is 2.12. The Bertz CT molecular complexity index is 773. The molecule has 0 spiro atoms. The van der Waals surface area contributed by atoms with Crippen LogP contribution in [0.1, 0.15) is 67.2 Å². The van der Waals surface area contributed by atoms with Crippen LogP contribution in [0, 0.1) is 11.3 Å². The predicted octanol–water partition coefficient (Wildman–Crippen LogP) is 6.25. The number of hydrogen-bond acceptors (Lipinski definition) is 3. The second-order valence-electron chi connectivity index (χ2n) is 10.2. The number of likely N-dealkylation sites (tertiary alicyclic amines) is 1. The third-order valence-electron chi connectivity index (χ3n) is 6.47. The lowest BCUT2D eigenvalue weighted by atomic mass is 9.87. The Hall–Kier alpha value is -1.87. The zero-order valence-electron chi connectivity index (χ0n) is 20.1. The molecule has 0 radical (unpaired) electrons. The van der Waals surface area contributed by atoms with E-state index in [0.717, 1.165) is 50.1 Å². The molecule has 0 aromatic heterocycles. The van der Waals surface area contributed by atoms with Gasteiger partial charge in [-0.05, 0) is 80.1 Å². The van der Waals surface area contributed by atoms with E-state index in [1.165, 1.54) is 22.4 Å². The first kappa shape index (κ1) is 24.4. The average Bonchev–Trinajstić information content (AvgIpc) is 2.92. The van der Waals surface area contributed by atoms with Crippen molar-refractivity contribution >= 4 is 5.71 Å². The number of hydrogen-bond donors (Lipinski definition) is 1. The number of nitrogens with zero attached hydrogens (tertiary/aromatic N) is 2. The molecule has 0 saturated carbocycles. The number of aliphatic hydroxyl groups excluding tert-OH is 1. The summed E-state index contributed by atoms with van der Waals surface area (Å²) < 4.78 is 0. The largest absolute Gasteiger partial charge is 0.388 e. The van der Waals surface area contributed by atoms with Gasteiger partial charge in [0, 0.05) is 24.5 Å². The van der Waals surface area contributed by atoms with Gasteiger partial charge < -0.3 is 10.0 Å². The molecule has 2 atom stereocenters. The van der Waals surface area contributed by atoms with E-state index in [0.29, 0.717) is 6.54 Å². The Labute approximate surface area is 184 Å². The summed E-state index contributed by atoms with van der Waals surface area (Å²) in [7, 11) is 0. The van der Waals surface area contributed by atoms with Crippen molar-refractivity contribution in [2.45, 2.75) is 73.3 Å². The van der Waals surface area contributed by atoms with Gasteiger partial charge in [-0.3, -0.25) is 4.99 Å². The average molecular weight is 411 g/mol. The standard InChI is InChI=1S/C27H42N2O/c1-9-11-24(16-25-18-28-22(5)20(3)21(25)4)26(30)23-12-10-14-29(15-13-23)19(2)17-27(6,7)8/h9,11,16,23,26,30H,1-2,10,12-15,17-18H2,3-8H3/b24-11+,25-16+. The van der Waals surface area contributed by atoms with Crippen molar-refractivity contribution in [2.75, 3.05) is 19.6 Å². The van der Waals surface area contributed by atoms with Crippen LogP contribution in [0.3, 0.4) is 0 Å². The van der Waals surface area contributed by atoms with Crippen molar-refractivity contribution in [3.8, 4) is 0 Å². The second kappa shape index (κ2) is 10.4. The molecule has 2 aliphatic heterocycles. The van der Waals surface area contributed by atoms with Gasteiger partial charge in [0.2, 0.25) is 0 Å². The van der Waals surface area contributed by atoms with Crippen molar-refractivity contribution in [3.05, 3.63) is 59.4 Å². The number of aliphatic imine (C=N–C) groups is 1. The highest BCUT2D eigenvalue weighted by atomic mass is 16.3. The van der Waals surface area contributed by atoms with E-state index in [-0.39, 0.29) is 11.3 Å². The maximum absolute atomic E-state index is 11.3. The maximum atomic E-state index is 11.3. The van der Waals surface area contributed by atoms with Crippen LogP contribution in [0.2, 0.25) is 0 Å². The van der Waals surface area contributed by atoms with E-state index in [2.05, 4.69) is 70.7 Å². The molecule has 2 heterocycles. The van der Waals surface area contributed by atoms with E-state index >= 15 is 0 Å². The van der Waals surface area contributed by atoms with E-state index in [1.807, 2.05) is 6.08 Å². The molecule has 166 valence electrons. The van der Waals surface area contributed by atoms with Crippen molar-refractivity contribution < 1.29 is 5.11 Å². The van der Waals surface area contributed by atoms with E-state index in [1.54, 1.807) is 6.08 Å². The Morgan fingerprint density at radius 3 is 2.53 bits per heavy atom. The monoisotopic (exact) mass is 410 g/mol. The first-order valence-corrected chi connectivity index (χ1v) is 11.4. The molecule has 1 N–H and O–H groups in total. The highest BCUT2D eigenvalue weighted by Crippen LogP contribution is 2.31. The van der Waals surface area contributed by atoms with Crippen LogP contribution < -0.4 is 0 Å². The highest BCUT2D eigenvalue weighted by molar-refractivity contribution is 6.00. The number of allylic oxidation sites excluding steroid dienone is 4. The summed E-state index contributed by atoms with van der Waals surface area (Å²) in [5.74, 6) is 0.250. The summed E-state index contributed by atoms with van der Waals surface area (Å²) in [6.07, 6.45) is 9.52. The van der Waals surface area contributed by atoms with E-state index < -0.39 is 6.10 Å². The van der Waals surface area contributed by atoms with Crippen LogP contribution in [-0.4, -0.2) is 41.5 Å². The number of rotatable bonds is 6. The second-order valence-corrected chi connectivity index (χ2v) is 10.2. The van der Waals surface area contributed by atoms with Gasteiger partial charge in [0.05, 0.1) is 12.6 Å². The first-order valence-electron chi connectivity index (χ1n) is 11.4. The van der Waals surface area contributed by atoms with Gasteiger partial charge in [0.25, 0.3) is 0 Å². The van der Waals surface area contributed by atoms with E-state index in [9.17, 15) is 5.11 Å². The van der Waals surface area contributed by atoms with Crippen LogP contribution in [0.5, 0.6) is 0 Å². The molecule has 2 aliphatic rings. The molecular weight excluding hydrogens is 368 g/mol. The van der Waals surface area contributed by atoms with Gasteiger partial charge in [-0.15, -0.1) is 0 Å². The van der Waals surface area contributed by atoms with Crippen LogP contribution >= 0.6 is 0 Å². The van der Waals surface area contributed by atoms with E-state index in [4.69, 9.17) is 0 Å². The lowest BCUT2D eigenvalue weighted by molar-refractivity contribution is 0.134. The third-order valence-corrected chi connectivity index (χ3v) is 6.47. The molecule has 3 nitrogen and oxygen atoms in total. The molecular formula is C27H42N2O. The van der Waals surface area contributed by atoms with Gasteiger partial charge in [0.1, 0.15) is 0 Å². The minimum absolute atomic E-state index is 0.249. The fourth-order valence-corrected chi connectivity index (χ4v) is 4.43. The first-order chi connectivity index (χ1) is 14.0. The van der Waals surface area contributed by atoms with Crippen molar-refractivity contribution in [3.63, 3.8) is 0 Å². The van der Waals surface area contributed by atoms with Gasteiger partial charge in [-0.25, -0.2) is 0 Å². The molecule has 0 amide bonds. The van der Waals surface area contributed by atoms with Crippen LogP contribution in [0.4, 0.5) is 0 Å². The summed E-state index contributed by atoms with van der Waals surface area (Å²) in [5, 5.41) is 11.3. The summed E-state index contributed by atoms with van der Waals surface area (Å²) >= 11 is 0. The highest BCUT2D eigenvalue weighted by Gasteiger charge is 2.27. The van der Waals surface area contributed by atoms with Gasteiger partial charge in [-0.2, -0.15) is 0 Å². The molecule has 30 heavy (non-hydrogen) atoms. The van der Waals surface area contributed by atoms with Gasteiger partial charge >= 0.3 is 0 Å². The fourth-order valence-electron chi connectivity index (χ4n) is 4.43. The molecule has 2 rings (SSSR count). The van der Waals surface area contributed by atoms with Crippen LogP contribution in [-0.2, 0) is 0 Å². The fraction of sp³-hybridized carbons (Fsp3) is 0.593. The molecule has 2 unspecified atom stereocenters. The lowest BCUT2D eigenvalue weighted by Crippen LogP contribution is -2.27. The summed E-state index contributed by atoms with van der Waals surface area (Å²) in [4.78, 5) is 7.07. The smallest absolute Gasteiger partial charge is 0.0818 e. The molecule has 3 heteroatoms. The molecule has 0 bridgehead atoms. The SMILES string of the molecule is C=C/C=C(\C=C1/CN=C(C)C(C)=C1C)C(O)C1CCCN(C(=C)CC(C)(C)C)CC1. The third kappa shape index (κ3) is 6.57. The molecule has 1 fully saturated rings. The minimum Gasteiger partial charge on any atom is -0.388 e. The lowest BCUT2D eigenvalue weighted by Gasteiger charge is -2.30.